The highest BCUT2D eigenvalue weighted by molar-refractivity contribution is 6.31. The minimum atomic E-state index is 0.613. The van der Waals surface area contributed by atoms with E-state index in [0.717, 1.165) is 16.8 Å². The van der Waals surface area contributed by atoms with Gasteiger partial charge < -0.3 is 9.47 Å². The van der Waals surface area contributed by atoms with E-state index in [9.17, 15) is 0 Å². The summed E-state index contributed by atoms with van der Waals surface area (Å²) in [5, 5.41) is 5.00. The number of aromatic nitrogens is 3. The van der Waals surface area contributed by atoms with Gasteiger partial charge in [-0.05, 0) is 36.8 Å². The minimum Gasteiger partial charge on any atom is -0.493 e. The summed E-state index contributed by atoms with van der Waals surface area (Å²) in [6, 6.07) is 11.4. The molecule has 0 fully saturated rings. The molecule has 2 aromatic carbocycles. The first-order valence-electron chi connectivity index (χ1n) is 7.03. The number of hydrogen-bond acceptors (Lipinski definition) is 4. The first kappa shape index (κ1) is 15.4. The third kappa shape index (κ3) is 2.75. The molecule has 0 aliphatic rings. The van der Waals surface area contributed by atoms with Gasteiger partial charge in [-0.25, -0.2) is 9.67 Å². The Hall–Kier alpha value is -2.53. The maximum atomic E-state index is 6.23. The Labute approximate surface area is 139 Å². The third-order valence-corrected chi connectivity index (χ3v) is 4.00. The highest BCUT2D eigenvalue weighted by atomic mass is 35.5. The van der Waals surface area contributed by atoms with Crippen LogP contribution in [-0.2, 0) is 0 Å². The predicted octanol–water partition coefficient (Wildman–Crippen LogP) is 3.91. The highest BCUT2D eigenvalue weighted by Crippen LogP contribution is 2.37. The number of aryl methyl sites for hydroxylation is 1. The molecule has 1 aromatic heterocycles. The molecular formula is C17H16ClN3O2. The van der Waals surface area contributed by atoms with E-state index in [-0.39, 0.29) is 0 Å². The summed E-state index contributed by atoms with van der Waals surface area (Å²) in [5.41, 5.74) is 2.63. The molecule has 0 bridgehead atoms. The van der Waals surface area contributed by atoms with Crippen LogP contribution < -0.4 is 9.47 Å². The molecule has 1 heterocycles. The highest BCUT2D eigenvalue weighted by Gasteiger charge is 2.17. The average Bonchev–Trinajstić information content (AvgIpc) is 3.05. The molecule has 3 rings (SSSR count). The number of hydrogen-bond donors (Lipinski definition) is 0. The Balaban J connectivity index is 2.17. The zero-order chi connectivity index (χ0) is 16.4. The predicted molar refractivity (Wildman–Crippen MR) is 89.6 cm³/mol. The van der Waals surface area contributed by atoms with Gasteiger partial charge in [0.25, 0.3) is 0 Å². The number of nitrogens with zero attached hydrogens (tertiary/aromatic N) is 3. The second-order valence-electron chi connectivity index (χ2n) is 4.97. The van der Waals surface area contributed by atoms with Crippen LogP contribution in [0.3, 0.4) is 0 Å². The van der Waals surface area contributed by atoms with Gasteiger partial charge in [-0.3, -0.25) is 0 Å². The summed E-state index contributed by atoms with van der Waals surface area (Å²) in [7, 11) is 3.21. The Morgan fingerprint density at radius 2 is 1.91 bits per heavy atom. The summed E-state index contributed by atoms with van der Waals surface area (Å²) in [6.07, 6.45) is 1.50. The van der Waals surface area contributed by atoms with Crippen molar-refractivity contribution >= 4 is 11.6 Å². The second kappa shape index (κ2) is 6.30. The monoisotopic (exact) mass is 329 g/mol. The lowest BCUT2D eigenvalue weighted by Gasteiger charge is -2.13. The smallest absolute Gasteiger partial charge is 0.171 e. The van der Waals surface area contributed by atoms with Gasteiger partial charge in [0.15, 0.2) is 17.3 Å². The van der Waals surface area contributed by atoms with Crippen molar-refractivity contribution in [2.45, 2.75) is 6.92 Å². The van der Waals surface area contributed by atoms with Gasteiger partial charge in [0.05, 0.1) is 25.5 Å². The number of para-hydroxylation sites is 1. The summed E-state index contributed by atoms with van der Waals surface area (Å²) < 4.78 is 12.6. The van der Waals surface area contributed by atoms with E-state index in [1.54, 1.807) is 18.9 Å². The summed E-state index contributed by atoms with van der Waals surface area (Å²) in [4.78, 5) is 4.37. The molecule has 0 amide bonds. The second-order valence-corrected chi connectivity index (χ2v) is 5.38. The Morgan fingerprint density at radius 3 is 2.61 bits per heavy atom. The first-order valence-corrected chi connectivity index (χ1v) is 7.41. The number of ether oxygens (including phenoxy) is 2. The number of rotatable bonds is 4. The van der Waals surface area contributed by atoms with Crippen LogP contribution in [0.4, 0.5) is 0 Å². The summed E-state index contributed by atoms with van der Waals surface area (Å²) in [6.45, 7) is 1.96. The number of halogens is 1. The lowest BCUT2D eigenvalue weighted by atomic mass is 10.1. The molecular weight excluding hydrogens is 314 g/mol. The molecule has 0 N–H and O–H groups in total. The van der Waals surface area contributed by atoms with Gasteiger partial charge >= 0.3 is 0 Å². The third-order valence-electron chi connectivity index (χ3n) is 3.59. The Kier molecular flexibility index (Phi) is 4.21. The Morgan fingerprint density at radius 1 is 1.09 bits per heavy atom. The van der Waals surface area contributed by atoms with Crippen molar-refractivity contribution in [2.75, 3.05) is 14.2 Å². The van der Waals surface area contributed by atoms with Crippen LogP contribution in [-0.4, -0.2) is 29.0 Å². The molecule has 0 radical (unpaired) electrons. The van der Waals surface area contributed by atoms with Crippen molar-refractivity contribution in [3.05, 3.63) is 53.3 Å². The van der Waals surface area contributed by atoms with Crippen LogP contribution in [0.5, 0.6) is 11.5 Å². The van der Waals surface area contributed by atoms with Gasteiger partial charge in [0.1, 0.15) is 6.33 Å². The van der Waals surface area contributed by atoms with Gasteiger partial charge in [0, 0.05) is 5.02 Å². The van der Waals surface area contributed by atoms with E-state index in [1.807, 2.05) is 43.3 Å². The zero-order valence-electron chi connectivity index (χ0n) is 13.1. The van der Waals surface area contributed by atoms with E-state index in [1.165, 1.54) is 6.33 Å². The van der Waals surface area contributed by atoms with Crippen LogP contribution in [0.1, 0.15) is 5.56 Å². The standard InChI is InChI=1S/C17H16ClN3O2/c1-11-7-8-12(9-14(11)18)21-17(19-10-20-21)13-5-4-6-15(22-2)16(13)23-3/h4-10H,1-3H3. The largest absolute Gasteiger partial charge is 0.493 e. The maximum Gasteiger partial charge on any atom is 0.171 e. The molecule has 3 aromatic rings. The lowest BCUT2D eigenvalue weighted by Crippen LogP contribution is -2.02. The molecule has 118 valence electrons. The fraction of sp³-hybridized carbons (Fsp3) is 0.176. The van der Waals surface area contributed by atoms with E-state index < -0.39 is 0 Å². The SMILES string of the molecule is COc1cccc(-c2ncnn2-c2ccc(C)c(Cl)c2)c1OC. The minimum absolute atomic E-state index is 0.613. The number of methoxy groups -OCH3 is 2. The Bertz CT molecular complexity index is 846. The van der Waals surface area contributed by atoms with Gasteiger partial charge in [-0.2, -0.15) is 5.10 Å². The van der Waals surface area contributed by atoms with Crippen LogP contribution in [0.2, 0.25) is 5.02 Å². The molecule has 0 spiro atoms. The zero-order valence-corrected chi connectivity index (χ0v) is 13.8. The van der Waals surface area contributed by atoms with Crippen LogP contribution in [0.25, 0.3) is 17.1 Å². The van der Waals surface area contributed by atoms with E-state index in [2.05, 4.69) is 10.1 Å². The van der Waals surface area contributed by atoms with E-state index in [0.29, 0.717) is 22.3 Å². The van der Waals surface area contributed by atoms with E-state index in [4.69, 9.17) is 21.1 Å². The molecule has 23 heavy (non-hydrogen) atoms. The van der Waals surface area contributed by atoms with Crippen molar-refractivity contribution in [1.29, 1.82) is 0 Å². The van der Waals surface area contributed by atoms with Crippen molar-refractivity contribution in [2.24, 2.45) is 0 Å². The molecule has 0 aliphatic carbocycles. The van der Waals surface area contributed by atoms with E-state index >= 15 is 0 Å². The van der Waals surface area contributed by atoms with Crippen molar-refractivity contribution < 1.29 is 9.47 Å². The molecule has 0 atom stereocenters. The van der Waals surface area contributed by atoms with Crippen molar-refractivity contribution in [3.8, 4) is 28.6 Å². The maximum absolute atomic E-state index is 6.23. The molecule has 0 saturated carbocycles. The normalized spacial score (nSPS) is 10.6. The molecule has 0 aliphatic heterocycles. The quantitative estimate of drug-likeness (QED) is 0.728. The van der Waals surface area contributed by atoms with Crippen molar-refractivity contribution in [1.82, 2.24) is 14.8 Å². The van der Waals surface area contributed by atoms with Crippen LogP contribution in [0, 0.1) is 6.92 Å². The van der Waals surface area contributed by atoms with Gasteiger partial charge in [0.2, 0.25) is 0 Å². The fourth-order valence-corrected chi connectivity index (χ4v) is 2.57. The number of benzene rings is 2. The van der Waals surface area contributed by atoms with Gasteiger partial charge in [-0.1, -0.05) is 23.7 Å². The van der Waals surface area contributed by atoms with Gasteiger partial charge in [-0.15, -0.1) is 0 Å². The molecule has 5 nitrogen and oxygen atoms in total. The first-order chi connectivity index (χ1) is 11.2. The fourth-order valence-electron chi connectivity index (χ4n) is 2.39. The summed E-state index contributed by atoms with van der Waals surface area (Å²) >= 11 is 6.23. The molecule has 0 unspecified atom stereocenters. The summed E-state index contributed by atoms with van der Waals surface area (Å²) in [5.74, 6) is 1.91. The molecule has 6 heteroatoms. The van der Waals surface area contributed by atoms with Crippen LogP contribution >= 0.6 is 11.6 Å². The van der Waals surface area contributed by atoms with Crippen LogP contribution in [0.15, 0.2) is 42.7 Å². The van der Waals surface area contributed by atoms with Crippen molar-refractivity contribution in [3.63, 3.8) is 0 Å². The topological polar surface area (TPSA) is 49.2 Å². The molecule has 0 saturated heterocycles. The average molecular weight is 330 g/mol. The lowest BCUT2D eigenvalue weighted by molar-refractivity contribution is 0.356.